The fraction of sp³-hybridized carbons (Fsp3) is 0.650. The number of ether oxygens (including phenoxy) is 1. The Morgan fingerprint density at radius 2 is 1.96 bits per heavy atom. The molecule has 2 heterocycles. The van der Waals surface area contributed by atoms with E-state index in [1.165, 1.54) is 49.0 Å². The Balaban J connectivity index is 1.38. The summed E-state index contributed by atoms with van der Waals surface area (Å²) < 4.78 is 5.43. The molecule has 1 fully saturated rings. The van der Waals surface area contributed by atoms with Gasteiger partial charge in [0.25, 0.3) is 5.56 Å². The molecular formula is C20H26N2O3S. The lowest BCUT2D eigenvalue weighted by molar-refractivity contribution is -0.145. The average Bonchev–Trinajstić information content (AvgIpc) is 3.04. The highest BCUT2D eigenvalue weighted by atomic mass is 32.1. The van der Waals surface area contributed by atoms with Crippen LogP contribution >= 0.6 is 11.3 Å². The number of carbonyl (C=O) groups is 1. The first-order valence-electron chi connectivity index (χ1n) is 9.90. The maximum atomic E-state index is 12.5. The third-order valence-corrected chi connectivity index (χ3v) is 6.83. The van der Waals surface area contributed by atoms with E-state index >= 15 is 0 Å². The number of hydrogen-bond donors (Lipinski definition) is 1. The van der Waals surface area contributed by atoms with Crippen molar-refractivity contribution < 1.29 is 9.53 Å². The molecule has 0 amide bonds. The topological polar surface area (TPSA) is 72.0 Å². The first kappa shape index (κ1) is 17.7. The van der Waals surface area contributed by atoms with Crippen LogP contribution in [0.15, 0.2) is 4.79 Å². The fourth-order valence-electron chi connectivity index (χ4n) is 4.18. The van der Waals surface area contributed by atoms with Gasteiger partial charge in [0, 0.05) is 11.3 Å². The fourth-order valence-corrected chi connectivity index (χ4v) is 5.47. The van der Waals surface area contributed by atoms with Crippen LogP contribution < -0.4 is 5.56 Å². The predicted molar refractivity (Wildman–Crippen MR) is 103 cm³/mol. The molecule has 6 heteroatoms. The second kappa shape index (κ2) is 7.91. The van der Waals surface area contributed by atoms with E-state index in [0.29, 0.717) is 24.8 Å². The second-order valence-electron chi connectivity index (χ2n) is 7.59. The van der Waals surface area contributed by atoms with E-state index in [0.717, 1.165) is 29.5 Å². The Kier molecular flexibility index (Phi) is 5.38. The molecule has 26 heavy (non-hydrogen) atoms. The zero-order chi connectivity index (χ0) is 17.9. The minimum Gasteiger partial charge on any atom is -0.465 e. The van der Waals surface area contributed by atoms with Crippen LogP contribution in [0.4, 0.5) is 0 Å². The number of aromatic amines is 1. The number of thiophene rings is 1. The maximum absolute atomic E-state index is 12.5. The molecule has 2 aromatic heterocycles. The summed E-state index contributed by atoms with van der Waals surface area (Å²) in [5.74, 6) is 0.930. The van der Waals surface area contributed by atoms with Crippen LogP contribution in [0.1, 0.15) is 67.6 Å². The number of hydrogen-bond acceptors (Lipinski definition) is 5. The van der Waals surface area contributed by atoms with Crippen LogP contribution in [-0.2, 0) is 28.8 Å². The van der Waals surface area contributed by atoms with Crippen molar-refractivity contribution in [2.45, 2.75) is 70.6 Å². The zero-order valence-corrected chi connectivity index (χ0v) is 16.0. The summed E-state index contributed by atoms with van der Waals surface area (Å²) in [5, 5.41) is 0.772. The molecule has 1 saturated carbocycles. The molecular weight excluding hydrogens is 348 g/mol. The lowest BCUT2D eigenvalue weighted by Crippen LogP contribution is -2.18. The van der Waals surface area contributed by atoms with Crippen LogP contribution in [0.3, 0.4) is 0 Å². The molecule has 0 atom stereocenters. The maximum Gasteiger partial charge on any atom is 0.306 e. The lowest BCUT2D eigenvalue weighted by atomic mass is 9.90. The monoisotopic (exact) mass is 374 g/mol. The zero-order valence-electron chi connectivity index (χ0n) is 15.1. The first-order valence-corrected chi connectivity index (χ1v) is 10.7. The molecule has 4 rings (SSSR count). The van der Waals surface area contributed by atoms with Crippen molar-refractivity contribution >= 4 is 27.5 Å². The van der Waals surface area contributed by atoms with Crippen molar-refractivity contribution in [3.8, 4) is 0 Å². The number of esters is 1. The van der Waals surface area contributed by atoms with E-state index in [1.807, 2.05) is 0 Å². The van der Waals surface area contributed by atoms with Crippen LogP contribution in [0, 0.1) is 5.92 Å². The minimum absolute atomic E-state index is 0.0556. The van der Waals surface area contributed by atoms with Gasteiger partial charge >= 0.3 is 5.97 Å². The highest BCUT2D eigenvalue weighted by Gasteiger charge is 2.20. The number of fused-ring (bicyclic) bond motifs is 3. The van der Waals surface area contributed by atoms with Gasteiger partial charge in [-0.1, -0.05) is 19.3 Å². The number of aromatic nitrogens is 2. The molecule has 0 aliphatic heterocycles. The summed E-state index contributed by atoms with van der Waals surface area (Å²) in [7, 11) is 0. The van der Waals surface area contributed by atoms with Crippen LogP contribution in [-0.4, -0.2) is 22.5 Å². The van der Waals surface area contributed by atoms with E-state index in [1.54, 1.807) is 11.3 Å². The SMILES string of the molecule is O=C(CCc1nc2sc3c(c2c(=O)[nH]1)CCCC3)OCC1CCCCC1. The molecule has 2 aliphatic carbocycles. The number of aryl methyl sites for hydroxylation is 3. The molecule has 2 aromatic rings. The Hall–Kier alpha value is -1.69. The van der Waals surface area contributed by atoms with E-state index in [-0.39, 0.29) is 17.9 Å². The minimum atomic E-state index is -0.191. The summed E-state index contributed by atoms with van der Waals surface area (Å²) in [5.41, 5.74) is 1.14. The Morgan fingerprint density at radius 1 is 1.15 bits per heavy atom. The molecule has 140 valence electrons. The van der Waals surface area contributed by atoms with Gasteiger partial charge in [-0.25, -0.2) is 4.98 Å². The van der Waals surface area contributed by atoms with Gasteiger partial charge in [0.1, 0.15) is 10.7 Å². The number of nitrogens with zero attached hydrogens (tertiary/aromatic N) is 1. The van der Waals surface area contributed by atoms with Crippen LogP contribution in [0.25, 0.3) is 10.2 Å². The number of rotatable bonds is 5. The number of carbonyl (C=O) groups excluding carboxylic acids is 1. The quantitative estimate of drug-likeness (QED) is 0.805. The van der Waals surface area contributed by atoms with Gasteiger partial charge in [-0.3, -0.25) is 9.59 Å². The van der Waals surface area contributed by atoms with Gasteiger partial charge in [0.15, 0.2) is 0 Å². The standard InChI is InChI=1S/C20H26N2O3S/c23-17(25-12-13-6-2-1-3-7-13)11-10-16-21-19(24)18-14-8-4-5-9-15(14)26-20(18)22-16/h13H,1-12H2,(H,21,22,24). The molecule has 0 radical (unpaired) electrons. The molecule has 0 bridgehead atoms. The van der Waals surface area contributed by atoms with Gasteiger partial charge in [-0.2, -0.15) is 0 Å². The van der Waals surface area contributed by atoms with E-state index in [9.17, 15) is 9.59 Å². The highest BCUT2D eigenvalue weighted by molar-refractivity contribution is 7.18. The van der Waals surface area contributed by atoms with Crippen molar-refractivity contribution in [3.63, 3.8) is 0 Å². The van der Waals surface area contributed by atoms with Gasteiger partial charge in [-0.15, -0.1) is 11.3 Å². The normalized spacial score (nSPS) is 18.0. The first-order chi connectivity index (χ1) is 12.7. The van der Waals surface area contributed by atoms with Gasteiger partial charge in [-0.05, 0) is 50.0 Å². The third-order valence-electron chi connectivity index (χ3n) is 5.64. The lowest BCUT2D eigenvalue weighted by Gasteiger charge is -2.20. The van der Waals surface area contributed by atoms with E-state index in [2.05, 4.69) is 9.97 Å². The average molecular weight is 375 g/mol. The molecule has 2 aliphatic rings. The summed E-state index contributed by atoms with van der Waals surface area (Å²) in [6.45, 7) is 0.541. The summed E-state index contributed by atoms with van der Waals surface area (Å²) in [6, 6.07) is 0. The molecule has 0 saturated heterocycles. The van der Waals surface area contributed by atoms with Crippen molar-refractivity contribution in [1.82, 2.24) is 9.97 Å². The van der Waals surface area contributed by atoms with Gasteiger partial charge in [0.2, 0.25) is 0 Å². The van der Waals surface area contributed by atoms with Crippen molar-refractivity contribution in [1.29, 1.82) is 0 Å². The number of H-pyrrole nitrogens is 1. The van der Waals surface area contributed by atoms with Gasteiger partial charge < -0.3 is 9.72 Å². The molecule has 0 spiro atoms. The number of nitrogens with one attached hydrogen (secondary N) is 1. The highest BCUT2D eigenvalue weighted by Crippen LogP contribution is 2.33. The smallest absolute Gasteiger partial charge is 0.306 e. The Bertz CT molecular complexity index is 849. The third kappa shape index (κ3) is 3.85. The molecule has 0 aromatic carbocycles. The van der Waals surface area contributed by atoms with Crippen molar-refractivity contribution in [2.75, 3.05) is 6.61 Å². The Morgan fingerprint density at radius 3 is 2.81 bits per heavy atom. The molecule has 1 N–H and O–H groups in total. The second-order valence-corrected chi connectivity index (χ2v) is 8.67. The summed E-state index contributed by atoms with van der Waals surface area (Å²) >= 11 is 1.64. The van der Waals surface area contributed by atoms with Crippen molar-refractivity contribution in [2.24, 2.45) is 5.92 Å². The predicted octanol–water partition coefficient (Wildman–Crippen LogP) is 3.92. The Labute approximate surface area is 157 Å². The van der Waals surface area contributed by atoms with Gasteiger partial charge in [0.05, 0.1) is 18.4 Å². The van der Waals surface area contributed by atoms with Crippen LogP contribution in [0.5, 0.6) is 0 Å². The largest absolute Gasteiger partial charge is 0.465 e. The van der Waals surface area contributed by atoms with E-state index in [4.69, 9.17) is 4.74 Å². The van der Waals surface area contributed by atoms with Crippen LogP contribution in [0.2, 0.25) is 0 Å². The summed E-state index contributed by atoms with van der Waals surface area (Å²) in [4.78, 5) is 34.2. The summed E-state index contributed by atoms with van der Waals surface area (Å²) in [6.07, 6.45) is 11.2. The molecule has 5 nitrogen and oxygen atoms in total. The molecule has 0 unspecified atom stereocenters. The van der Waals surface area contributed by atoms with Crippen molar-refractivity contribution in [3.05, 3.63) is 26.6 Å². The van der Waals surface area contributed by atoms with E-state index < -0.39 is 0 Å².